The van der Waals surface area contributed by atoms with Gasteiger partial charge in [0.15, 0.2) is 0 Å². The summed E-state index contributed by atoms with van der Waals surface area (Å²) in [4.78, 5) is 7.51. The highest BCUT2D eigenvalue weighted by Gasteiger charge is 2.41. The van der Waals surface area contributed by atoms with E-state index in [4.69, 9.17) is 4.99 Å². The minimum atomic E-state index is -0.824. The number of aromatic hydroxyl groups is 1. The van der Waals surface area contributed by atoms with E-state index in [0.717, 1.165) is 61.1 Å². The van der Waals surface area contributed by atoms with Crippen LogP contribution < -0.4 is 4.90 Å². The first-order chi connectivity index (χ1) is 26.7. The fourth-order valence-corrected chi connectivity index (χ4v) is 8.17. The Morgan fingerprint density at radius 2 is 0.982 bits per heavy atom. The van der Waals surface area contributed by atoms with E-state index in [0.29, 0.717) is 5.56 Å². The number of nitrogens with zero attached hydrogens (tertiary/aromatic N) is 2. The van der Waals surface area contributed by atoms with Crippen LogP contribution in [0.3, 0.4) is 0 Å². The molecule has 0 atom stereocenters. The molecule has 0 aromatic heterocycles. The summed E-state index contributed by atoms with van der Waals surface area (Å²) in [6, 6.07) is 61.7. The molecule has 0 heterocycles. The van der Waals surface area contributed by atoms with E-state index < -0.39 is 5.41 Å². The molecule has 55 heavy (non-hydrogen) atoms. The molecule has 270 valence electrons. The number of rotatable bonds is 8. The Bertz CT molecular complexity index is 2560. The number of hydrogen-bond acceptors (Lipinski definition) is 3. The van der Waals surface area contributed by atoms with E-state index in [1.165, 1.54) is 10.8 Å². The Labute approximate surface area is 324 Å². The molecule has 0 bridgehead atoms. The summed E-state index contributed by atoms with van der Waals surface area (Å²) in [5, 5.41) is 17.4. The molecule has 1 N–H and O–H groups in total. The fraction of sp³-hybridized carbons (Fsp3) is 0.135. The van der Waals surface area contributed by atoms with Gasteiger partial charge in [-0.2, -0.15) is 0 Å². The van der Waals surface area contributed by atoms with Crippen LogP contribution in [0.5, 0.6) is 5.75 Å². The van der Waals surface area contributed by atoms with Crippen molar-refractivity contribution in [3.8, 4) is 16.9 Å². The summed E-state index contributed by atoms with van der Waals surface area (Å²) in [6.07, 6.45) is 1.87. The smallest absolute Gasteiger partial charge is 0.129 e. The Hall–Kier alpha value is -6.45. The van der Waals surface area contributed by atoms with Crippen molar-refractivity contribution in [1.29, 1.82) is 0 Å². The van der Waals surface area contributed by atoms with Gasteiger partial charge in [-0.15, -0.1) is 0 Å². The Morgan fingerprint density at radius 3 is 1.49 bits per heavy atom. The normalized spacial score (nSPS) is 12.1. The van der Waals surface area contributed by atoms with Crippen LogP contribution in [0.1, 0.15) is 54.2 Å². The van der Waals surface area contributed by atoms with Crippen molar-refractivity contribution in [2.75, 3.05) is 19.0 Å². The highest BCUT2D eigenvalue weighted by molar-refractivity contribution is 6.13. The molecule has 0 saturated heterocycles. The van der Waals surface area contributed by atoms with E-state index >= 15 is 0 Å². The molecule has 8 aromatic rings. The zero-order valence-electron chi connectivity index (χ0n) is 32.2. The molecular formula is C52H46N2O. The van der Waals surface area contributed by atoms with Crippen molar-refractivity contribution in [2.45, 2.75) is 31.6 Å². The number of phenolic OH excluding ortho intramolecular Hbond substituents is 1. The zero-order chi connectivity index (χ0) is 38.2. The second-order valence-corrected chi connectivity index (χ2v) is 15.6. The number of aliphatic imine (C=N–C) groups is 1. The lowest BCUT2D eigenvalue weighted by Crippen LogP contribution is -2.32. The second kappa shape index (κ2) is 14.4. The van der Waals surface area contributed by atoms with Gasteiger partial charge in [-0.25, -0.2) is 0 Å². The highest BCUT2D eigenvalue weighted by Crippen LogP contribution is 2.50. The van der Waals surface area contributed by atoms with E-state index in [9.17, 15) is 5.11 Å². The summed E-state index contributed by atoms with van der Waals surface area (Å²) in [6.45, 7) is 6.68. The van der Waals surface area contributed by atoms with Crippen LogP contribution in [0.25, 0.3) is 32.7 Å². The highest BCUT2D eigenvalue weighted by atomic mass is 16.3. The lowest BCUT2D eigenvalue weighted by molar-refractivity contribution is 0.458. The van der Waals surface area contributed by atoms with Crippen LogP contribution >= 0.6 is 0 Å². The topological polar surface area (TPSA) is 35.8 Å². The van der Waals surface area contributed by atoms with Crippen LogP contribution in [-0.2, 0) is 10.8 Å². The summed E-state index contributed by atoms with van der Waals surface area (Å²) in [7, 11) is 4.19. The second-order valence-electron chi connectivity index (χ2n) is 15.6. The molecule has 3 heteroatoms. The van der Waals surface area contributed by atoms with E-state index in [1.54, 1.807) is 0 Å². The Kier molecular flexibility index (Phi) is 9.32. The van der Waals surface area contributed by atoms with Crippen molar-refractivity contribution in [2.24, 2.45) is 4.99 Å². The first kappa shape index (κ1) is 35.6. The Morgan fingerprint density at radius 1 is 0.509 bits per heavy atom. The van der Waals surface area contributed by atoms with Gasteiger partial charge in [-0.3, -0.25) is 4.99 Å². The number of phenols is 1. The third-order valence-corrected chi connectivity index (χ3v) is 10.9. The molecule has 0 saturated carbocycles. The SMILES string of the molecule is CN(C)c1ccc2ccccc2c1-c1c(N=Cc2cc(C(C)(C)C)cc(C(c3ccccc3)(c3ccccc3)c3ccccc3)c2O)ccc2ccccc12. The molecule has 0 aliphatic carbocycles. The van der Waals surface area contributed by atoms with Crippen molar-refractivity contribution in [3.63, 3.8) is 0 Å². The average Bonchev–Trinajstić information content (AvgIpc) is 3.21. The predicted octanol–water partition coefficient (Wildman–Crippen LogP) is 12.9. The minimum absolute atomic E-state index is 0.204. The average molecular weight is 715 g/mol. The van der Waals surface area contributed by atoms with Crippen LogP contribution in [-0.4, -0.2) is 25.4 Å². The van der Waals surface area contributed by atoms with E-state index in [2.05, 4.69) is 197 Å². The van der Waals surface area contributed by atoms with Gasteiger partial charge in [0.25, 0.3) is 0 Å². The first-order valence-electron chi connectivity index (χ1n) is 19.0. The van der Waals surface area contributed by atoms with Crippen molar-refractivity contribution < 1.29 is 5.11 Å². The summed E-state index contributed by atoms with van der Waals surface area (Å²) < 4.78 is 0. The predicted molar refractivity (Wildman–Crippen MR) is 234 cm³/mol. The summed E-state index contributed by atoms with van der Waals surface area (Å²) in [5.41, 5.74) is 8.90. The minimum Gasteiger partial charge on any atom is -0.507 e. The summed E-state index contributed by atoms with van der Waals surface area (Å²) >= 11 is 0. The number of anilines is 1. The maximum absolute atomic E-state index is 12.8. The molecule has 0 aliphatic rings. The van der Waals surface area contributed by atoms with Crippen LogP contribution in [0, 0.1) is 0 Å². The van der Waals surface area contributed by atoms with Crippen molar-refractivity contribution >= 4 is 39.1 Å². The molecule has 0 spiro atoms. The van der Waals surface area contributed by atoms with E-state index in [1.807, 2.05) is 24.4 Å². The number of fused-ring (bicyclic) bond motifs is 2. The maximum atomic E-state index is 12.8. The summed E-state index contributed by atoms with van der Waals surface area (Å²) in [5.74, 6) is 0.204. The molecule has 0 aliphatic heterocycles. The van der Waals surface area contributed by atoms with Gasteiger partial charge in [0.1, 0.15) is 5.75 Å². The van der Waals surface area contributed by atoms with Gasteiger partial charge in [0.05, 0.1) is 11.1 Å². The van der Waals surface area contributed by atoms with Gasteiger partial charge < -0.3 is 10.0 Å². The van der Waals surface area contributed by atoms with Crippen LogP contribution in [0.15, 0.2) is 181 Å². The molecular weight excluding hydrogens is 669 g/mol. The third kappa shape index (κ3) is 6.36. The third-order valence-electron chi connectivity index (χ3n) is 10.9. The van der Waals surface area contributed by atoms with Crippen molar-refractivity contribution in [3.05, 3.63) is 209 Å². The first-order valence-corrected chi connectivity index (χ1v) is 19.0. The van der Waals surface area contributed by atoms with Gasteiger partial charge >= 0.3 is 0 Å². The molecule has 8 aromatic carbocycles. The number of hydrogen-bond donors (Lipinski definition) is 1. The monoisotopic (exact) mass is 714 g/mol. The van der Waals surface area contributed by atoms with Gasteiger partial charge in [0.2, 0.25) is 0 Å². The largest absolute Gasteiger partial charge is 0.507 e. The molecule has 0 fully saturated rings. The molecule has 0 amide bonds. The lowest BCUT2D eigenvalue weighted by atomic mass is 9.64. The zero-order valence-corrected chi connectivity index (χ0v) is 32.2. The maximum Gasteiger partial charge on any atom is 0.129 e. The van der Waals surface area contributed by atoms with E-state index in [-0.39, 0.29) is 11.2 Å². The molecule has 3 nitrogen and oxygen atoms in total. The van der Waals surface area contributed by atoms with Crippen molar-refractivity contribution in [1.82, 2.24) is 0 Å². The van der Waals surface area contributed by atoms with Gasteiger partial charge in [-0.05, 0) is 73.5 Å². The molecule has 0 radical (unpaired) electrons. The van der Waals surface area contributed by atoms with Gasteiger partial charge in [0, 0.05) is 48.3 Å². The molecule has 8 rings (SSSR count). The fourth-order valence-electron chi connectivity index (χ4n) is 8.17. The van der Waals surface area contributed by atoms with Crippen LogP contribution in [0.2, 0.25) is 0 Å². The Balaban J connectivity index is 1.43. The van der Waals surface area contributed by atoms with Gasteiger partial charge in [-0.1, -0.05) is 172 Å². The lowest BCUT2D eigenvalue weighted by Gasteiger charge is -2.38. The quantitative estimate of drug-likeness (QED) is 0.126. The number of benzene rings is 8. The standard InChI is InChI=1S/C52H46N2O/c1-51(2,3)42-33-38(50(55)45(34-42)52(39-21-9-6-10-22-39,40-23-11-7-12-24-40)41-25-13-8-14-26-41)35-53-46-31-29-36-19-15-17-27-43(36)48(46)49-44-28-18-16-20-37(44)30-32-47(49)54(4)5/h6-35,55H,1-5H3. The van der Waals surface area contributed by atoms with Crippen LogP contribution in [0.4, 0.5) is 11.4 Å². The molecule has 0 unspecified atom stereocenters.